The van der Waals surface area contributed by atoms with Crippen molar-refractivity contribution in [3.63, 3.8) is 0 Å². The lowest BCUT2D eigenvalue weighted by atomic mass is 10.0. The molecule has 40 heavy (non-hydrogen) atoms. The van der Waals surface area contributed by atoms with Crippen LogP contribution in [0.15, 0.2) is 12.3 Å². The van der Waals surface area contributed by atoms with E-state index in [0.717, 1.165) is 51.6 Å². The highest BCUT2D eigenvalue weighted by atomic mass is 32.1. The summed E-state index contributed by atoms with van der Waals surface area (Å²) in [6, 6.07) is 1.43. The first-order valence-electron chi connectivity index (χ1n) is 14.3. The van der Waals surface area contributed by atoms with Gasteiger partial charge in [-0.15, -0.1) is 11.3 Å². The summed E-state index contributed by atoms with van der Waals surface area (Å²) in [4.78, 5) is 34.2. The fraction of sp³-hybridized carbons (Fsp3) is 0.607. The lowest BCUT2D eigenvalue weighted by Gasteiger charge is -2.30. The van der Waals surface area contributed by atoms with Gasteiger partial charge in [0.25, 0.3) is 0 Å². The maximum atomic E-state index is 13.2. The zero-order valence-corrected chi connectivity index (χ0v) is 23.4. The number of pyridine rings is 1. The molecule has 11 nitrogen and oxygen atoms in total. The summed E-state index contributed by atoms with van der Waals surface area (Å²) in [5.41, 5.74) is 3.52. The van der Waals surface area contributed by atoms with Crippen LogP contribution in [-0.4, -0.2) is 92.1 Å². The number of hydrogen-bond donors (Lipinski definition) is 4. The van der Waals surface area contributed by atoms with Gasteiger partial charge in [0.15, 0.2) is 0 Å². The molecule has 1 saturated heterocycles. The zero-order chi connectivity index (χ0) is 27.4. The van der Waals surface area contributed by atoms with E-state index in [1.165, 1.54) is 12.8 Å². The van der Waals surface area contributed by atoms with Crippen LogP contribution in [0.25, 0.3) is 20.8 Å². The van der Waals surface area contributed by atoms with E-state index >= 15 is 0 Å². The Kier molecular flexibility index (Phi) is 6.81. The monoisotopic (exact) mass is 565 g/mol. The molecule has 4 unspecified atom stereocenters. The van der Waals surface area contributed by atoms with Crippen LogP contribution in [0.3, 0.4) is 0 Å². The normalized spacial score (nSPS) is 26.8. The summed E-state index contributed by atoms with van der Waals surface area (Å²) in [5.74, 6) is 1.35. The highest BCUT2D eigenvalue weighted by molar-refractivity contribution is 7.21. The van der Waals surface area contributed by atoms with Crippen molar-refractivity contribution in [3.8, 4) is 10.6 Å². The Hall–Kier alpha value is -2.93. The molecular formula is C28H35N7O4S. The number of amides is 1. The van der Waals surface area contributed by atoms with Crippen LogP contribution >= 0.6 is 11.3 Å². The van der Waals surface area contributed by atoms with Crippen LogP contribution in [-0.2, 0) is 9.53 Å². The third-order valence-corrected chi connectivity index (χ3v) is 9.53. The second-order valence-corrected chi connectivity index (χ2v) is 12.6. The highest BCUT2D eigenvalue weighted by Crippen LogP contribution is 2.44. The van der Waals surface area contributed by atoms with Crippen molar-refractivity contribution in [1.29, 1.82) is 0 Å². The van der Waals surface area contributed by atoms with Crippen LogP contribution in [0.5, 0.6) is 0 Å². The first-order chi connectivity index (χ1) is 19.5. The second-order valence-electron chi connectivity index (χ2n) is 11.5. The number of aryl methyl sites for hydroxylation is 1. The number of carbonyl (C=O) groups excluding carboxylic acids is 1. The third kappa shape index (κ3) is 5.02. The average Bonchev–Trinajstić information content (AvgIpc) is 3.90. The maximum absolute atomic E-state index is 13.2. The van der Waals surface area contributed by atoms with E-state index in [2.05, 4.69) is 15.6 Å². The van der Waals surface area contributed by atoms with Crippen molar-refractivity contribution in [3.05, 3.63) is 23.7 Å². The Morgan fingerprint density at radius 3 is 2.67 bits per heavy atom. The summed E-state index contributed by atoms with van der Waals surface area (Å²) < 4.78 is 6.45. The van der Waals surface area contributed by atoms with Crippen molar-refractivity contribution >= 4 is 39.2 Å². The minimum atomic E-state index is -1.17. The predicted molar refractivity (Wildman–Crippen MR) is 151 cm³/mol. The standard InChI is InChI=1S/C28H35N7O4S/c1-14-20(26-33-22-19(40-26)6-7-29-21(22)16-4-5-16)25(34-28(31-14)30-13-15-2-3-15)32-18-12-17(23(36)24(18)37)27(38)35-8-10-39-11-9-35/h6-7,15-18,23-24,36-37H,2-5,8-13H2,1H3,(H2,30,31,32,34). The van der Waals surface area contributed by atoms with Gasteiger partial charge in [0.05, 0.1) is 52.9 Å². The lowest BCUT2D eigenvalue weighted by Crippen LogP contribution is -2.46. The number of carbonyl (C=O) groups is 1. The average molecular weight is 566 g/mol. The van der Waals surface area contributed by atoms with Gasteiger partial charge >= 0.3 is 0 Å². The SMILES string of the molecule is Cc1nc(NCC2CC2)nc(NC2CC(C(=O)N3CCOCC3)C(O)C2O)c1-c1nc2c(C3CC3)nccc2s1. The Morgan fingerprint density at radius 2 is 1.93 bits per heavy atom. The van der Waals surface area contributed by atoms with Crippen LogP contribution in [0.4, 0.5) is 11.8 Å². The number of thiazole rings is 1. The Labute approximate surface area is 236 Å². The van der Waals surface area contributed by atoms with Gasteiger partial charge in [-0.25, -0.2) is 9.97 Å². The summed E-state index contributed by atoms with van der Waals surface area (Å²) in [6.45, 7) is 4.73. The summed E-state index contributed by atoms with van der Waals surface area (Å²) in [5, 5.41) is 29.5. The number of aliphatic hydroxyl groups excluding tert-OH is 2. The van der Waals surface area contributed by atoms with E-state index in [1.807, 2.05) is 19.2 Å². The first kappa shape index (κ1) is 26.0. The number of fused-ring (bicyclic) bond motifs is 1. The molecule has 4 N–H and O–H groups in total. The van der Waals surface area contributed by atoms with Gasteiger partial charge in [0, 0.05) is 31.7 Å². The Morgan fingerprint density at radius 1 is 1.12 bits per heavy atom. The molecule has 4 fully saturated rings. The van der Waals surface area contributed by atoms with Crippen molar-refractivity contribution in [2.24, 2.45) is 11.8 Å². The van der Waals surface area contributed by atoms with Gasteiger partial charge in [0.2, 0.25) is 11.9 Å². The molecule has 4 heterocycles. The maximum Gasteiger partial charge on any atom is 0.228 e. The van der Waals surface area contributed by atoms with Gasteiger partial charge in [-0.3, -0.25) is 9.78 Å². The van der Waals surface area contributed by atoms with Gasteiger partial charge in [-0.05, 0) is 51.0 Å². The second kappa shape index (κ2) is 10.5. The van der Waals surface area contributed by atoms with Gasteiger partial charge in [-0.1, -0.05) is 0 Å². The zero-order valence-electron chi connectivity index (χ0n) is 22.5. The Bertz CT molecular complexity index is 1420. The number of aromatic nitrogens is 4. The topological polar surface area (TPSA) is 146 Å². The molecule has 3 aromatic rings. The van der Waals surface area contributed by atoms with Crippen molar-refractivity contribution < 1.29 is 19.7 Å². The minimum absolute atomic E-state index is 0.142. The number of morpholine rings is 1. The molecular weight excluding hydrogens is 530 g/mol. The molecule has 1 amide bonds. The summed E-state index contributed by atoms with van der Waals surface area (Å²) in [6.07, 6.45) is 4.56. The van der Waals surface area contributed by atoms with Crippen molar-refractivity contribution in [2.75, 3.05) is 43.5 Å². The van der Waals surface area contributed by atoms with E-state index in [1.54, 1.807) is 16.2 Å². The molecule has 0 bridgehead atoms. The number of rotatable bonds is 8. The fourth-order valence-corrected chi connectivity index (χ4v) is 6.89. The quantitative estimate of drug-likeness (QED) is 0.321. The van der Waals surface area contributed by atoms with Crippen molar-refractivity contribution in [1.82, 2.24) is 24.8 Å². The molecule has 4 atom stereocenters. The molecule has 7 rings (SSSR count). The van der Waals surface area contributed by atoms with Gasteiger partial charge in [-0.2, -0.15) is 4.98 Å². The van der Waals surface area contributed by atoms with Crippen LogP contribution < -0.4 is 10.6 Å². The largest absolute Gasteiger partial charge is 0.390 e. The van der Waals surface area contributed by atoms with E-state index in [-0.39, 0.29) is 5.91 Å². The van der Waals surface area contributed by atoms with E-state index < -0.39 is 24.2 Å². The number of nitrogens with zero attached hydrogens (tertiary/aromatic N) is 5. The number of hydrogen-bond acceptors (Lipinski definition) is 11. The first-order valence-corrected chi connectivity index (χ1v) is 15.2. The molecule has 0 aromatic carbocycles. The molecule has 3 aromatic heterocycles. The van der Waals surface area contributed by atoms with Crippen LogP contribution in [0.2, 0.25) is 0 Å². The highest BCUT2D eigenvalue weighted by Gasteiger charge is 2.47. The third-order valence-electron chi connectivity index (χ3n) is 8.49. The number of nitrogens with one attached hydrogen (secondary N) is 2. The number of anilines is 2. The number of aliphatic hydroxyl groups is 2. The molecule has 212 valence electrons. The predicted octanol–water partition coefficient (Wildman–Crippen LogP) is 2.54. The molecule has 0 spiro atoms. The molecule has 3 aliphatic carbocycles. The summed E-state index contributed by atoms with van der Waals surface area (Å²) >= 11 is 1.58. The fourth-order valence-electron chi connectivity index (χ4n) is 5.82. The van der Waals surface area contributed by atoms with E-state index in [0.29, 0.717) is 56.3 Å². The smallest absolute Gasteiger partial charge is 0.228 e. The minimum Gasteiger partial charge on any atom is -0.390 e. The van der Waals surface area contributed by atoms with E-state index in [9.17, 15) is 15.0 Å². The van der Waals surface area contributed by atoms with Gasteiger partial charge < -0.3 is 30.5 Å². The summed E-state index contributed by atoms with van der Waals surface area (Å²) in [7, 11) is 0. The molecule has 12 heteroatoms. The van der Waals surface area contributed by atoms with Crippen LogP contribution in [0, 0.1) is 18.8 Å². The molecule has 0 radical (unpaired) electrons. The Balaban J connectivity index is 1.21. The molecule has 3 saturated carbocycles. The molecule has 1 aliphatic heterocycles. The number of ether oxygens (including phenoxy) is 1. The van der Waals surface area contributed by atoms with E-state index in [4.69, 9.17) is 19.7 Å². The van der Waals surface area contributed by atoms with Crippen molar-refractivity contribution in [2.45, 2.75) is 63.2 Å². The van der Waals surface area contributed by atoms with Gasteiger partial charge in [0.1, 0.15) is 22.4 Å². The molecule has 4 aliphatic rings. The van der Waals surface area contributed by atoms with Crippen LogP contribution in [0.1, 0.15) is 49.4 Å². The lowest BCUT2D eigenvalue weighted by molar-refractivity contribution is -0.143.